The van der Waals surface area contributed by atoms with Crippen molar-refractivity contribution < 1.29 is 8.42 Å². The van der Waals surface area contributed by atoms with Gasteiger partial charge in [-0.1, -0.05) is 0 Å². The Morgan fingerprint density at radius 3 is 2.80 bits per heavy atom. The summed E-state index contributed by atoms with van der Waals surface area (Å²) in [5.74, 6) is 0.735. The summed E-state index contributed by atoms with van der Waals surface area (Å²) in [4.78, 5) is 0.946. The Morgan fingerprint density at radius 1 is 1.30 bits per heavy atom. The molecular weight excluding hydrogens is 380 g/mol. The maximum atomic E-state index is 12.8. The lowest BCUT2D eigenvalue weighted by Crippen LogP contribution is -2.35. The van der Waals surface area contributed by atoms with Crippen LogP contribution >= 0.6 is 39.0 Å². The third-order valence-electron chi connectivity index (χ3n) is 2.91. The normalized spacial score (nSPS) is 15.2. The van der Waals surface area contributed by atoms with Gasteiger partial charge in [-0.2, -0.15) is 0 Å². The fraction of sp³-hybridized carbons (Fsp3) is 0.167. The van der Waals surface area contributed by atoms with Crippen LogP contribution < -0.4 is 10.0 Å². The van der Waals surface area contributed by atoms with Crippen molar-refractivity contribution in [3.05, 3.63) is 34.1 Å². The lowest BCUT2D eigenvalue weighted by atomic mass is 10.3. The van der Waals surface area contributed by atoms with Gasteiger partial charge in [-0.25, -0.2) is 8.42 Å². The highest BCUT2D eigenvalue weighted by atomic mass is 79.9. The number of anilines is 2. The summed E-state index contributed by atoms with van der Waals surface area (Å²) in [5.41, 5.74) is 7.03. The van der Waals surface area contributed by atoms with Crippen LogP contribution in [0, 0.1) is 0 Å². The third kappa shape index (κ3) is 2.34. The average Bonchev–Trinajstić information content (AvgIpc) is 2.85. The molecular formula is C12H11BrN2O2S3. The van der Waals surface area contributed by atoms with Crippen LogP contribution in [0.5, 0.6) is 0 Å². The van der Waals surface area contributed by atoms with Crippen LogP contribution in [0.3, 0.4) is 0 Å². The van der Waals surface area contributed by atoms with Crippen LogP contribution in [0.4, 0.5) is 11.4 Å². The summed E-state index contributed by atoms with van der Waals surface area (Å²) in [5, 5.41) is 1.76. The molecule has 8 heteroatoms. The van der Waals surface area contributed by atoms with E-state index in [9.17, 15) is 8.42 Å². The van der Waals surface area contributed by atoms with E-state index in [0.717, 1.165) is 10.6 Å². The van der Waals surface area contributed by atoms with Gasteiger partial charge in [0.05, 0.1) is 5.69 Å². The van der Waals surface area contributed by atoms with Gasteiger partial charge in [-0.3, -0.25) is 4.31 Å². The number of thioether (sulfide) groups is 1. The molecule has 1 aromatic carbocycles. The number of nitrogens with zero attached hydrogens (tertiary/aromatic N) is 1. The van der Waals surface area contributed by atoms with Gasteiger partial charge in [-0.05, 0) is 45.6 Å². The minimum absolute atomic E-state index is 0.331. The number of hydrogen-bond acceptors (Lipinski definition) is 5. The van der Waals surface area contributed by atoms with Crippen LogP contribution in [-0.4, -0.2) is 20.7 Å². The molecule has 0 fully saturated rings. The second-order valence-electron chi connectivity index (χ2n) is 4.21. The van der Waals surface area contributed by atoms with Gasteiger partial charge in [0.1, 0.15) is 0 Å². The number of halogens is 1. The molecule has 4 nitrogen and oxygen atoms in total. The number of rotatable bonds is 2. The standard InChI is InChI=1S/C12H11BrN2O2S3/c13-9-3-5-19-12(9)20(16,17)15-4-6-18-11-2-1-8(14)7-10(11)15/h1-3,5,7H,4,6,14H2. The number of hydrogen-bond donors (Lipinski definition) is 1. The maximum absolute atomic E-state index is 12.8. The van der Waals surface area contributed by atoms with Crippen molar-refractivity contribution in [2.75, 3.05) is 22.3 Å². The topological polar surface area (TPSA) is 63.4 Å². The second kappa shape index (κ2) is 5.25. The minimum Gasteiger partial charge on any atom is -0.399 e. The Balaban J connectivity index is 2.13. The highest BCUT2D eigenvalue weighted by Crippen LogP contribution is 2.40. The quantitative estimate of drug-likeness (QED) is 0.798. The van der Waals surface area contributed by atoms with Gasteiger partial charge < -0.3 is 5.73 Å². The number of nitrogens with two attached hydrogens (primary N) is 1. The summed E-state index contributed by atoms with van der Waals surface area (Å²) in [6, 6.07) is 7.14. The van der Waals surface area contributed by atoms with Crippen LogP contribution in [0.15, 0.2) is 43.2 Å². The molecule has 1 aromatic heterocycles. The zero-order valence-electron chi connectivity index (χ0n) is 10.2. The SMILES string of the molecule is Nc1ccc2c(c1)N(S(=O)(=O)c1sccc1Br)CCS2. The van der Waals surface area contributed by atoms with Crippen LogP contribution in [0.2, 0.25) is 0 Å². The van der Waals surface area contributed by atoms with Gasteiger partial charge in [0.25, 0.3) is 10.0 Å². The minimum atomic E-state index is -3.54. The van der Waals surface area contributed by atoms with Crippen molar-refractivity contribution in [1.29, 1.82) is 0 Å². The van der Waals surface area contributed by atoms with Crippen molar-refractivity contribution in [2.45, 2.75) is 9.10 Å². The molecule has 2 heterocycles. The Bertz CT molecular complexity index is 758. The molecule has 0 amide bonds. The van der Waals surface area contributed by atoms with Crippen LogP contribution in [-0.2, 0) is 10.0 Å². The molecule has 2 aromatic rings. The summed E-state index contributed by atoms with van der Waals surface area (Å²) in [7, 11) is -3.54. The number of nitrogen functional groups attached to an aromatic ring is 1. The highest BCUT2D eigenvalue weighted by Gasteiger charge is 2.31. The first-order chi connectivity index (χ1) is 9.50. The molecule has 1 aliphatic rings. The van der Waals surface area contributed by atoms with E-state index in [2.05, 4.69) is 15.9 Å². The zero-order chi connectivity index (χ0) is 14.3. The first kappa shape index (κ1) is 14.2. The smallest absolute Gasteiger partial charge is 0.275 e. The Hall–Kier alpha value is -0.700. The number of sulfonamides is 1. The molecule has 20 heavy (non-hydrogen) atoms. The van der Waals surface area contributed by atoms with E-state index < -0.39 is 10.0 Å². The first-order valence-corrected chi connectivity index (χ1v) is 9.88. The summed E-state index contributed by atoms with van der Waals surface area (Å²) in [6.07, 6.45) is 0. The van der Waals surface area contributed by atoms with Crippen molar-refractivity contribution in [3.8, 4) is 0 Å². The van der Waals surface area contributed by atoms with Gasteiger partial charge in [0.15, 0.2) is 4.21 Å². The molecule has 0 radical (unpaired) electrons. The molecule has 0 spiro atoms. The van der Waals surface area contributed by atoms with E-state index in [1.165, 1.54) is 15.6 Å². The van der Waals surface area contributed by atoms with Crippen molar-refractivity contribution >= 4 is 60.4 Å². The Morgan fingerprint density at radius 2 is 2.10 bits per heavy atom. The van der Waals surface area contributed by atoms with Gasteiger partial charge in [-0.15, -0.1) is 23.1 Å². The van der Waals surface area contributed by atoms with Crippen molar-refractivity contribution in [1.82, 2.24) is 0 Å². The largest absolute Gasteiger partial charge is 0.399 e. The summed E-state index contributed by atoms with van der Waals surface area (Å²) < 4.78 is 28.0. The molecule has 0 saturated carbocycles. The van der Waals surface area contributed by atoms with Crippen LogP contribution in [0.1, 0.15) is 0 Å². The van der Waals surface area contributed by atoms with Gasteiger partial charge in [0, 0.05) is 27.4 Å². The van der Waals surface area contributed by atoms with E-state index in [-0.39, 0.29) is 0 Å². The van der Waals surface area contributed by atoms with Crippen molar-refractivity contribution in [2.24, 2.45) is 0 Å². The lowest BCUT2D eigenvalue weighted by Gasteiger charge is -2.29. The summed E-state index contributed by atoms with van der Waals surface area (Å²) in [6.45, 7) is 0.452. The molecule has 106 valence electrons. The highest BCUT2D eigenvalue weighted by molar-refractivity contribution is 9.10. The third-order valence-corrected chi connectivity index (χ3v) is 8.42. The summed E-state index contributed by atoms with van der Waals surface area (Å²) >= 11 is 6.16. The predicted octanol–water partition coefficient (Wildman–Crippen LogP) is 3.39. The average molecular weight is 391 g/mol. The molecule has 3 rings (SSSR count). The number of fused-ring (bicyclic) bond motifs is 1. The fourth-order valence-corrected chi connectivity index (χ4v) is 7.06. The predicted molar refractivity (Wildman–Crippen MR) is 88.1 cm³/mol. The zero-order valence-corrected chi connectivity index (χ0v) is 14.3. The van der Waals surface area contributed by atoms with Crippen LogP contribution in [0.25, 0.3) is 0 Å². The number of benzene rings is 1. The Kier molecular flexibility index (Phi) is 3.74. The van der Waals surface area contributed by atoms with E-state index in [1.54, 1.807) is 35.3 Å². The van der Waals surface area contributed by atoms with Gasteiger partial charge in [0.2, 0.25) is 0 Å². The Labute approximate surface area is 134 Å². The van der Waals surface area contributed by atoms with Gasteiger partial charge >= 0.3 is 0 Å². The first-order valence-electron chi connectivity index (χ1n) is 5.78. The fourth-order valence-electron chi connectivity index (χ4n) is 2.02. The lowest BCUT2D eigenvalue weighted by molar-refractivity contribution is 0.593. The van der Waals surface area contributed by atoms with E-state index in [0.29, 0.717) is 26.6 Å². The maximum Gasteiger partial charge on any atom is 0.275 e. The second-order valence-corrected chi connectivity index (χ2v) is 9.17. The molecule has 0 unspecified atom stereocenters. The van der Waals surface area contributed by atoms with E-state index in [4.69, 9.17) is 5.73 Å². The molecule has 1 aliphatic heterocycles. The molecule has 0 atom stereocenters. The monoisotopic (exact) mass is 390 g/mol. The van der Waals surface area contributed by atoms with E-state index >= 15 is 0 Å². The molecule has 0 bridgehead atoms. The van der Waals surface area contributed by atoms with Crippen molar-refractivity contribution in [3.63, 3.8) is 0 Å². The molecule has 0 saturated heterocycles. The molecule has 0 aliphatic carbocycles. The number of thiophene rings is 1. The van der Waals surface area contributed by atoms with E-state index in [1.807, 2.05) is 6.07 Å². The molecule has 2 N–H and O–H groups in total.